The van der Waals surface area contributed by atoms with E-state index in [0.29, 0.717) is 57.7 Å². The number of halogens is 5. The molecule has 21 heteroatoms. The molecule has 90 heavy (non-hydrogen) atoms. The lowest BCUT2D eigenvalue weighted by atomic mass is 9.81. The second-order valence-corrected chi connectivity index (χ2v) is 28.3. The Morgan fingerprint density at radius 3 is 1.61 bits per heavy atom. The summed E-state index contributed by atoms with van der Waals surface area (Å²) in [6, 6.07) is 29.5. The van der Waals surface area contributed by atoms with Gasteiger partial charge in [0.1, 0.15) is 58.4 Å². The first-order valence-electron chi connectivity index (χ1n) is 30.7. The normalized spacial score (nSPS) is 18.2. The number of likely N-dealkylation sites (tertiary alicyclic amines) is 2. The van der Waals surface area contributed by atoms with Crippen molar-refractivity contribution in [2.75, 3.05) is 88.3 Å². The first-order chi connectivity index (χ1) is 42.4. The maximum Gasteiger partial charge on any atom is 0.410 e. The van der Waals surface area contributed by atoms with Crippen LogP contribution in [0.15, 0.2) is 97.1 Å². The number of carbonyl (C=O) groups is 3. The van der Waals surface area contributed by atoms with Crippen molar-refractivity contribution in [3.8, 4) is 34.5 Å². The highest BCUT2D eigenvalue weighted by atomic mass is 79.9. The molecule has 3 amide bonds. The molecule has 5 aromatic carbocycles. The summed E-state index contributed by atoms with van der Waals surface area (Å²) < 4.78 is 40.3. The van der Waals surface area contributed by atoms with E-state index in [4.69, 9.17) is 85.3 Å². The molecule has 496 valence electrons. The second kappa shape index (κ2) is 35.5. The van der Waals surface area contributed by atoms with Gasteiger partial charge in [-0.3, -0.25) is 9.59 Å². The van der Waals surface area contributed by atoms with Crippen LogP contribution in [0.3, 0.4) is 0 Å². The van der Waals surface area contributed by atoms with Gasteiger partial charge in [0, 0.05) is 109 Å². The largest absolute Gasteiger partial charge is 0.495 e. The van der Waals surface area contributed by atoms with Crippen LogP contribution in [0.5, 0.6) is 34.5 Å². The van der Waals surface area contributed by atoms with E-state index < -0.39 is 5.60 Å². The minimum Gasteiger partial charge on any atom is -0.495 e. The molecule has 3 atom stereocenters. The van der Waals surface area contributed by atoms with Crippen LogP contribution in [-0.4, -0.2) is 124 Å². The van der Waals surface area contributed by atoms with E-state index in [-0.39, 0.29) is 52.5 Å². The second-order valence-electron chi connectivity index (χ2n) is 25.8. The molecule has 3 unspecified atom stereocenters. The molecule has 3 saturated heterocycles. The molecule has 5 N–H and O–H groups in total. The van der Waals surface area contributed by atoms with Crippen molar-refractivity contribution in [2.45, 2.75) is 145 Å². The van der Waals surface area contributed by atoms with Gasteiger partial charge < -0.3 is 64.6 Å². The van der Waals surface area contributed by atoms with Gasteiger partial charge in [0.25, 0.3) is 0 Å². The van der Waals surface area contributed by atoms with Crippen LogP contribution in [0.1, 0.15) is 120 Å². The highest BCUT2D eigenvalue weighted by Crippen LogP contribution is 2.39. The summed E-state index contributed by atoms with van der Waals surface area (Å²) in [5, 5.41) is 12.3. The number of nitrogens with one attached hydrogen (secondary N) is 3. The molecule has 0 bridgehead atoms. The van der Waals surface area contributed by atoms with E-state index in [1.54, 1.807) is 37.3 Å². The SMILES string of the molecule is CC(C)(C)OC(=O)N1CCC(Oc2ccc(N)cc2)C(C)(C)C1.CC1(C)CNCCC1Oc1ccc(Cl)cc1.COc1cc(CCCCBr)c(NC(C)=O)cc1Cl.COc1cc(OCCCN2CCC(Oc3ccc(Cl)cc3)C(C)(C)C2)c(NC(C)=O)cc1Cl. The number of amides is 3. The van der Waals surface area contributed by atoms with Crippen molar-refractivity contribution in [3.63, 3.8) is 0 Å². The lowest BCUT2D eigenvalue weighted by Crippen LogP contribution is -2.53. The predicted octanol–water partition coefficient (Wildman–Crippen LogP) is 16.7. The van der Waals surface area contributed by atoms with Crippen LogP contribution in [0.25, 0.3) is 0 Å². The van der Waals surface area contributed by atoms with Gasteiger partial charge in [-0.25, -0.2) is 4.79 Å². The summed E-state index contributed by atoms with van der Waals surface area (Å²) in [6.45, 7) is 28.4. The monoisotopic (exact) mass is 1390 g/mol. The number of methoxy groups -OCH3 is 2. The topological polar surface area (TPSA) is 184 Å². The average molecular weight is 1390 g/mol. The van der Waals surface area contributed by atoms with Crippen LogP contribution < -0.4 is 50.1 Å². The summed E-state index contributed by atoms with van der Waals surface area (Å²) in [7, 11) is 3.13. The van der Waals surface area contributed by atoms with E-state index in [0.717, 1.165) is 122 Å². The molecule has 3 aliphatic rings. The Labute approximate surface area is 563 Å². The number of unbranched alkanes of at least 4 members (excludes halogenated alkanes) is 1. The predicted molar refractivity (Wildman–Crippen MR) is 371 cm³/mol. The first kappa shape index (κ1) is 75.2. The van der Waals surface area contributed by atoms with Crippen LogP contribution >= 0.6 is 62.3 Å². The van der Waals surface area contributed by atoms with Crippen molar-refractivity contribution in [1.29, 1.82) is 0 Å². The molecule has 3 fully saturated rings. The van der Waals surface area contributed by atoms with Gasteiger partial charge in [-0.15, -0.1) is 0 Å². The molecule has 8 rings (SSSR count). The fraction of sp³-hybridized carbons (Fsp3) is 0.522. The Bertz CT molecular complexity index is 3060. The zero-order valence-electron chi connectivity index (χ0n) is 54.7. The van der Waals surface area contributed by atoms with Crippen molar-refractivity contribution in [3.05, 3.63) is 123 Å². The van der Waals surface area contributed by atoms with Crippen LogP contribution in [0, 0.1) is 16.2 Å². The Morgan fingerprint density at radius 1 is 0.633 bits per heavy atom. The number of aryl methyl sites for hydroxylation is 1. The Balaban J connectivity index is 0.000000227. The van der Waals surface area contributed by atoms with Gasteiger partial charge in [-0.2, -0.15) is 0 Å². The lowest BCUT2D eigenvalue weighted by Gasteiger charge is -2.44. The number of piperidine rings is 3. The molecular weight excluding hydrogens is 1290 g/mol. The molecule has 3 aliphatic heterocycles. The molecule has 0 radical (unpaired) electrons. The summed E-state index contributed by atoms with van der Waals surface area (Å²) in [5.74, 6) is 3.97. The zero-order valence-corrected chi connectivity index (χ0v) is 59.3. The van der Waals surface area contributed by atoms with Gasteiger partial charge in [0.2, 0.25) is 11.8 Å². The fourth-order valence-electron chi connectivity index (χ4n) is 10.6. The molecule has 0 aromatic heterocycles. The van der Waals surface area contributed by atoms with Crippen molar-refractivity contribution >= 4 is 97.3 Å². The molecule has 0 saturated carbocycles. The summed E-state index contributed by atoms with van der Waals surface area (Å²) in [6.07, 6.45) is 6.86. The van der Waals surface area contributed by atoms with Crippen LogP contribution in [-0.2, 0) is 20.7 Å². The number of nitrogen functional groups attached to an aromatic ring is 1. The smallest absolute Gasteiger partial charge is 0.410 e. The standard InChI is InChI=1S/C25H32Cl2N2O4.C18H28N2O3.C13H17BrClNO2.C13H18ClNO/c1-17(30)28-21-14-20(27)22(31-4)15-23(21)32-13-5-11-29-12-10-24(25(2,3)16-29)33-19-8-6-18(26)7-9-19;1-17(2,3)23-16(21)20-11-10-15(18(4,5)12-20)22-14-8-6-13(19)7-9-14;1-9(17)16-12-8-11(15)13(18-2)7-10(12)5-3-4-6-14;1-13(2)9-15-8-7-12(13)16-11-5-3-10(14)4-6-11/h6-9,14-15,24H,5,10-13,16H2,1-4H3,(H,28,30);6-9,15H,10-12,19H2,1-5H3;7-8H,3-6H2,1-2H3,(H,16,17);3-6,12,15H,7-9H2,1-2H3. The highest BCUT2D eigenvalue weighted by molar-refractivity contribution is 9.09. The van der Waals surface area contributed by atoms with Gasteiger partial charge in [0.05, 0.1) is 36.6 Å². The maximum atomic E-state index is 12.3. The third-order valence-corrected chi connectivity index (χ3v) is 17.0. The van der Waals surface area contributed by atoms with Crippen molar-refractivity contribution in [1.82, 2.24) is 15.1 Å². The number of nitrogens with two attached hydrogens (primary N) is 1. The van der Waals surface area contributed by atoms with Gasteiger partial charge in [-0.1, -0.05) is 104 Å². The van der Waals surface area contributed by atoms with Gasteiger partial charge in [0.15, 0.2) is 0 Å². The van der Waals surface area contributed by atoms with Crippen LogP contribution in [0.4, 0.5) is 21.9 Å². The number of rotatable bonds is 19. The molecule has 5 aromatic rings. The lowest BCUT2D eigenvalue weighted by molar-refractivity contribution is -0.115. The molecule has 16 nitrogen and oxygen atoms in total. The van der Waals surface area contributed by atoms with E-state index >= 15 is 0 Å². The number of ether oxygens (including phenoxy) is 7. The number of hydrogen-bond donors (Lipinski definition) is 4. The minimum absolute atomic E-state index is 0.0147. The summed E-state index contributed by atoms with van der Waals surface area (Å²) in [5.41, 5.74) is 8.34. The minimum atomic E-state index is -0.474. The third-order valence-electron chi connectivity index (χ3n) is 15.3. The van der Waals surface area contributed by atoms with Gasteiger partial charge >= 0.3 is 6.09 Å². The Hall–Kier alpha value is -5.53. The van der Waals surface area contributed by atoms with Crippen molar-refractivity contribution < 1.29 is 47.5 Å². The third kappa shape index (κ3) is 25.2. The molecule has 0 spiro atoms. The number of anilines is 3. The number of benzene rings is 5. The number of alkyl halides is 1. The van der Waals surface area contributed by atoms with Crippen LogP contribution in [0.2, 0.25) is 20.1 Å². The molecular formula is C69H95BrCl4N6O10. The van der Waals surface area contributed by atoms with Crippen molar-refractivity contribution in [2.24, 2.45) is 16.2 Å². The summed E-state index contributed by atoms with van der Waals surface area (Å²) in [4.78, 5) is 39.2. The van der Waals surface area contributed by atoms with E-state index in [1.807, 2.05) is 99.6 Å². The Morgan fingerprint density at radius 2 is 1.12 bits per heavy atom. The maximum absolute atomic E-state index is 12.3. The Kier molecular flexibility index (Phi) is 29.7. The number of nitrogens with zero attached hydrogens (tertiary/aromatic N) is 2. The average Bonchev–Trinajstić information content (AvgIpc) is 1.07. The van der Waals surface area contributed by atoms with E-state index in [1.165, 1.54) is 13.8 Å². The van der Waals surface area contributed by atoms with E-state index in [9.17, 15) is 14.4 Å². The number of hydrogen-bond acceptors (Lipinski definition) is 13. The molecule has 3 heterocycles. The quantitative estimate of drug-likeness (QED) is 0.0348. The summed E-state index contributed by atoms with van der Waals surface area (Å²) >= 11 is 27.5. The zero-order chi connectivity index (χ0) is 66.4. The van der Waals surface area contributed by atoms with E-state index in [2.05, 4.69) is 78.3 Å². The van der Waals surface area contributed by atoms with Gasteiger partial charge in [-0.05, 0) is 162 Å². The fourth-order valence-corrected chi connectivity index (χ4v) is 11.7. The first-order valence-corrected chi connectivity index (χ1v) is 33.3. The highest BCUT2D eigenvalue weighted by Gasteiger charge is 2.41. The molecule has 0 aliphatic carbocycles. The number of carbonyl (C=O) groups excluding carboxylic acids is 3.